The van der Waals surface area contributed by atoms with Gasteiger partial charge in [0.25, 0.3) is 0 Å². The average Bonchev–Trinajstić information content (AvgIpc) is 3.05. The molecule has 0 spiro atoms. The van der Waals surface area contributed by atoms with Gasteiger partial charge in [-0.25, -0.2) is 4.79 Å². The lowest BCUT2D eigenvalue weighted by molar-refractivity contribution is -0.173. The van der Waals surface area contributed by atoms with E-state index in [4.69, 9.17) is 4.74 Å². The molecule has 4 amide bonds. The second-order valence-corrected chi connectivity index (χ2v) is 11.6. The molecule has 0 aromatic heterocycles. The molecule has 1 N–H and O–H groups in total. The second kappa shape index (κ2) is 12.8. The molecule has 4 aromatic rings. The van der Waals surface area contributed by atoms with Crippen molar-refractivity contribution in [2.45, 2.75) is 58.0 Å². The maximum Gasteiger partial charge on any atom is 0.319 e. The van der Waals surface area contributed by atoms with Crippen molar-refractivity contribution >= 4 is 34.6 Å². The summed E-state index contributed by atoms with van der Waals surface area (Å²) < 4.78 is 5.18. The van der Waals surface area contributed by atoms with E-state index < -0.39 is 24.2 Å². The molecule has 0 bridgehead atoms. The van der Waals surface area contributed by atoms with Gasteiger partial charge in [-0.1, -0.05) is 84.9 Å². The molecule has 4 aromatic carbocycles. The number of carbonyl (C=O) groups excluding carboxylic acids is 4. The highest BCUT2D eigenvalue weighted by molar-refractivity contribution is 5.92. The summed E-state index contributed by atoms with van der Waals surface area (Å²) >= 11 is 0. The van der Waals surface area contributed by atoms with Crippen LogP contribution in [0, 0.1) is 0 Å². The van der Waals surface area contributed by atoms with Crippen molar-refractivity contribution in [2.75, 3.05) is 6.54 Å². The van der Waals surface area contributed by atoms with E-state index in [0.29, 0.717) is 18.8 Å². The van der Waals surface area contributed by atoms with Gasteiger partial charge in [-0.05, 0) is 46.5 Å². The Morgan fingerprint density at radius 3 is 2.33 bits per heavy atom. The van der Waals surface area contributed by atoms with Crippen LogP contribution in [-0.2, 0) is 33.9 Å². The van der Waals surface area contributed by atoms with Crippen LogP contribution in [0.2, 0.25) is 0 Å². The zero-order chi connectivity index (χ0) is 31.5. The number of esters is 1. The number of amides is 4. The maximum atomic E-state index is 14.4. The molecule has 45 heavy (non-hydrogen) atoms. The van der Waals surface area contributed by atoms with Gasteiger partial charge in [0.1, 0.15) is 18.0 Å². The summed E-state index contributed by atoms with van der Waals surface area (Å²) in [4.78, 5) is 58.3. The Labute approximate surface area is 262 Å². The minimum atomic E-state index is -0.821. The molecule has 2 aliphatic rings. The monoisotopic (exact) mass is 604 g/mol. The number of nitrogens with zero attached hydrogens (tertiary/aromatic N) is 3. The van der Waals surface area contributed by atoms with E-state index >= 15 is 0 Å². The Morgan fingerprint density at radius 2 is 1.58 bits per heavy atom. The lowest BCUT2D eigenvalue weighted by Crippen LogP contribution is -2.75. The fraction of sp³-hybridized carbons (Fsp3) is 0.278. The predicted molar refractivity (Wildman–Crippen MR) is 170 cm³/mol. The Kier molecular flexibility index (Phi) is 8.51. The van der Waals surface area contributed by atoms with Crippen LogP contribution in [0.25, 0.3) is 10.8 Å². The molecule has 230 valence electrons. The van der Waals surface area contributed by atoms with Crippen LogP contribution in [0.5, 0.6) is 5.75 Å². The average molecular weight is 605 g/mol. The molecule has 9 nitrogen and oxygen atoms in total. The standard InChI is InChI=1S/C36H36N4O5/c1-24-34-38(36(44)37-22-27-9-4-3-5-10-27)20-19-33(42)40(34)32(21-26-15-17-30(18-16-26)45-25(2)41)35(43)39(24)23-29-13-8-12-28-11-6-7-14-31(28)29/h3-18,24,32,34H,19-23H2,1-2H3,(H,37,44)/t24-,32-,34+/m0/s1. The van der Waals surface area contributed by atoms with E-state index in [9.17, 15) is 19.2 Å². The van der Waals surface area contributed by atoms with Crippen LogP contribution in [-0.4, -0.2) is 63.3 Å². The van der Waals surface area contributed by atoms with Gasteiger partial charge in [0.05, 0.1) is 6.04 Å². The van der Waals surface area contributed by atoms with Crippen LogP contribution in [0.3, 0.4) is 0 Å². The van der Waals surface area contributed by atoms with Gasteiger partial charge in [-0.15, -0.1) is 0 Å². The lowest BCUT2D eigenvalue weighted by atomic mass is 9.93. The van der Waals surface area contributed by atoms with Crippen LogP contribution < -0.4 is 10.1 Å². The zero-order valence-corrected chi connectivity index (χ0v) is 25.4. The summed E-state index contributed by atoms with van der Waals surface area (Å²) in [7, 11) is 0. The Morgan fingerprint density at radius 1 is 0.867 bits per heavy atom. The third kappa shape index (κ3) is 6.24. The number of benzene rings is 4. The highest BCUT2D eigenvalue weighted by Gasteiger charge is 2.52. The molecule has 0 aliphatic carbocycles. The summed E-state index contributed by atoms with van der Waals surface area (Å²) in [6, 6.07) is 29.2. The van der Waals surface area contributed by atoms with Gasteiger partial charge in [0.15, 0.2) is 0 Å². The molecule has 2 heterocycles. The Bertz CT molecular complexity index is 1720. The minimum Gasteiger partial charge on any atom is -0.427 e. The SMILES string of the molecule is CC(=O)Oc1ccc(C[C@H]2C(=O)N(Cc3cccc4ccccc34)[C@@H](C)[C@@H]3N(C(=O)NCc4ccccc4)CCC(=O)N32)cc1. The van der Waals surface area contributed by atoms with E-state index in [1.807, 2.05) is 84.6 Å². The maximum absolute atomic E-state index is 14.4. The van der Waals surface area contributed by atoms with Crippen molar-refractivity contribution in [3.05, 3.63) is 114 Å². The van der Waals surface area contributed by atoms with Gasteiger partial charge in [0, 0.05) is 39.4 Å². The first-order valence-corrected chi connectivity index (χ1v) is 15.2. The van der Waals surface area contributed by atoms with E-state index in [0.717, 1.165) is 27.5 Å². The molecule has 2 saturated heterocycles. The minimum absolute atomic E-state index is 0.125. The first-order chi connectivity index (χ1) is 21.8. The van der Waals surface area contributed by atoms with Crippen LogP contribution in [0.1, 0.15) is 37.0 Å². The number of piperazine rings is 1. The number of ether oxygens (including phenoxy) is 1. The molecule has 0 saturated carbocycles. The summed E-state index contributed by atoms with van der Waals surface area (Å²) in [5.74, 6) is -0.342. The largest absolute Gasteiger partial charge is 0.427 e. The lowest BCUT2D eigenvalue weighted by Gasteiger charge is -2.55. The number of nitrogens with one attached hydrogen (secondary N) is 1. The quantitative estimate of drug-likeness (QED) is 0.240. The predicted octanol–water partition coefficient (Wildman–Crippen LogP) is 4.88. The van der Waals surface area contributed by atoms with E-state index in [2.05, 4.69) is 5.32 Å². The van der Waals surface area contributed by atoms with E-state index in [-0.39, 0.29) is 37.2 Å². The summed E-state index contributed by atoms with van der Waals surface area (Å²) in [6.07, 6.45) is -0.278. The number of rotatable bonds is 7. The molecule has 0 unspecified atom stereocenters. The van der Waals surface area contributed by atoms with Gasteiger partial charge in [0.2, 0.25) is 11.8 Å². The van der Waals surface area contributed by atoms with Crippen LogP contribution >= 0.6 is 0 Å². The second-order valence-electron chi connectivity index (χ2n) is 11.6. The van der Waals surface area contributed by atoms with Crippen LogP contribution in [0.15, 0.2) is 97.1 Å². The molecule has 6 rings (SSSR count). The first-order valence-electron chi connectivity index (χ1n) is 15.2. The fourth-order valence-corrected chi connectivity index (χ4v) is 6.50. The molecular weight excluding hydrogens is 568 g/mol. The van der Waals surface area contributed by atoms with Crippen molar-refractivity contribution in [1.29, 1.82) is 0 Å². The molecule has 2 fully saturated rings. The highest BCUT2D eigenvalue weighted by Crippen LogP contribution is 2.33. The van der Waals surface area contributed by atoms with Crippen molar-refractivity contribution in [3.8, 4) is 5.75 Å². The third-order valence-corrected chi connectivity index (χ3v) is 8.67. The summed E-state index contributed by atoms with van der Waals surface area (Å²) in [5.41, 5.74) is 2.77. The number of hydrogen-bond donors (Lipinski definition) is 1. The molecule has 2 aliphatic heterocycles. The van der Waals surface area contributed by atoms with Gasteiger partial charge in [-0.3, -0.25) is 14.4 Å². The highest BCUT2D eigenvalue weighted by atomic mass is 16.5. The molecule has 0 radical (unpaired) electrons. The molecule has 9 heteroatoms. The van der Waals surface area contributed by atoms with Crippen molar-refractivity contribution < 1.29 is 23.9 Å². The summed E-state index contributed by atoms with van der Waals surface area (Å²) in [5, 5.41) is 5.16. The number of carbonyl (C=O) groups is 4. The topological polar surface area (TPSA) is 99.3 Å². The van der Waals surface area contributed by atoms with E-state index in [1.54, 1.807) is 34.1 Å². The van der Waals surface area contributed by atoms with Gasteiger partial charge < -0.3 is 24.8 Å². The van der Waals surface area contributed by atoms with E-state index in [1.165, 1.54) is 6.92 Å². The third-order valence-electron chi connectivity index (χ3n) is 8.67. The molecule has 3 atom stereocenters. The number of hydrogen-bond acceptors (Lipinski definition) is 5. The smallest absolute Gasteiger partial charge is 0.319 e. The van der Waals surface area contributed by atoms with Crippen molar-refractivity contribution in [2.24, 2.45) is 0 Å². The van der Waals surface area contributed by atoms with Crippen molar-refractivity contribution in [1.82, 2.24) is 20.0 Å². The van der Waals surface area contributed by atoms with Gasteiger partial charge >= 0.3 is 12.0 Å². The molecular formula is C36H36N4O5. The van der Waals surface area contributed by atoms with Gasteiger partial charge in [-0.2, -0.15) is 0 Å². The fourth-order valence-electron chi connectivity index (χ4n) is 6.50. The Balaban J connectivity index is 1.34. The number of urea groups is 1. The normalized spacial score (nSPS) is 19.8. The number of fused-ring (bicyclic) bond motifs is 2. The van der Waals surface area contributed by atoms with Crippen molar-refractivity contribution in [3.63, 3.8) is 0 Å². The van der Waals surface area contributed by atoms with Crippen LogP contribution in [0.4, 0.5) is 4.79 Å². The zero-order valence-electron chi connectivity index (χ0n) is 25.4. The summed E-state index contributed by atoms with van der Waals surface area (Å²) in [6.45, 7) is 4.19. The first kappa shape index (κ1) is 29.9. The Hall–Kier alpha value is -5.18.